The Kier molecular flexibility index (Phi) is 3.42. The van der Waals surface area contributed by atoms with Gasteiger partial charge >= 0.3 is 0 Å². The van der Waals surface area contributed by atoms with E-state index in [1.54, 1.807) is 6.92 Å². The fourth-order valence-electron chi connectivity index (χ4n) is 1.96. The molecule has 7 heteroatoms. The molecule has 0 bridgehead atoms. The summed E-state index contributed by atoms with van der Waals surface area (Å²) >= 11 is 0. The van der Waals surface area contributed by atoms with Crippen LogP contribution < -0.4 is 19.5 Å². The van der Waals surface area contributed by atoms with Crippen molar-refractivity contribution in [3.8, 4) is 17.2 Å². The summed E-state index contributed by atoms with van der Waals surface area (Å²) in [5, 5.41) is 10.7. The number of fused-ring (bicyclic) bond motifs is 1. The molecule has 0 spiro atoms. The summed E-state index contributed by atoms with van der Waals surface area (Å²) in [5.41, 5.74) is 0.980. The Morgan fingerprint density at radius 3 is 2.75 bits per heavy atom. The van der Waals surface area contributed by atoms with Crippen LogP contribution in [0.5, 0.6) is 17.2 Å². The summed E-state index contributed by atoms with van der Waals surface area (Å²) < 4.78 is 21.7. The Morgan fingerprint density at radius 2 is 2.05 bits per heavy atom. The predicted molar refractivity (Wildman–Crippen MR) is 68.7 cm³/mol. The summed E-state index contributed by atoms with van der Waals surface area (Å²) in [6, 6.07) is 3.73. The minimum absolute atomic E-state index is 0.219. The molecule has 0 fully saturated rings. The number of hydrogen-bond donors (Lipinski definition) is 1. The molecule has 1 N–H and O–H groups in total. The molecule has 106 valence electrons. The number of benzene rings is 1. The molecule has 0 amide bonds. The molecule has 1 aromatic heterocycles. The summed E-state index contributed by atoms with van der Waals surface area (Å²) in [7, 11) is 1.87. The number of rotatable bonds is 5. The molecule has 1 aliphatic heterocycles. The largest absolute Gasteiger partial charge is 0.483 e. The van der Waals surface area contributed by atoms with Crippen molar-refractivity contribution in [3.63, 3.8) is 0 Å². The third kappa shape index (κ3) is 2.53. The van der Waals surface area contributed by atoms with E-state index < -0.39 is 0 Å². The topological polar surface area (TPSA) is 78.6 Å². The first-order valence-electron chi connectivity index (χ1n) is 6.25. The third-order valence-electron chi connectivity index (χ3n) is 2.84. The first kappa shape index (κ1) is 12.7. The van der Waals surface area contributed by atoms with Gasteiger partial charge in [0.2, 0.25) is 12.7 Å². The van der Waals surface area contributed by atoms with E-state index in [4.69, 9.17) is 18.6 Å². The van der Waals surface area contributed by atoms with Crippen molar-refractivity contribution < 1.29 is 18.6 Å². The molecule has 0 aliphatic carbocycles. The van der Waals surface area contributed by atoms with Gasteiger partial charge in [-0.15, -0.1) is 10.2 Å². The number of aryl methyl sites for hydroxylation is 1. The number of hydrogen-bond acceptors (Lipinski definition) is 7. The van der Waals surface area contributed by atoms with Crippen molar-refractivity contribution in [3.05, 3.63) is 29.5 Å². The molecular weight excluding hydrogens is 262 g/mol. The molecular formula is C13H15N3O4. The lowest BCUT2D eigenvalue weighted by Gasteiger charge is -2.11. The van der Waals surface area contributed by atoms with E-state index >= 15 is 0 Å². The summed E-state index contributed by atoms with van der Waals surface area (Å²) in [4.78, 5) is 0. The van der Waals surface area contributed by atoms with Gasteiger partial charge in [0.05, 0.1) is 0 Å². The van der Waals surface area contributed by atoms with Gasteiger partial charge in [-0.1, -0.05) is 0 Å². The van der Waals surface area contributed by atoms with Crippen LogP contribution in [0.4, 0.5) is 0 Å². The molecule has 2 aromatic rings. The van der Waals surface area contributed by atoms with E-state index in [1.165, 1.54) is 0 Å². The van der Waals surface area contributed by atoms with E-state index in [9.17, 15) is 0 Å². The van der Waals surface area contributed by atoms with Crippen LogP contribution in [-0.4, -0.2) is 24.0 Å². The zero-order valence-corrected chi connectivity index (χ0v) is 11.3. The molecule has 0 atom stereocenters. The SMILES string of the molecule is CNCc1cc2c(cc1OCc1nnc(C)o1)OCO2. The van der Waals surface area contributed by atoms with Crippen molar-refractivity contribution >= 4 is 0 Å². The summed E-state index contributed by atoms with van der Waals surface area (Å²) in [6.45, 7) is 2.86. The van der Waals surface area contributed by atoms with Gasteiger partial charge in [-0.05, 0) is 13.1 Å². The Bertz CT molecular complexity index is 612. The van der Waals surface area contributed by atoms with Crippen LogP contribution in [0.15, 0.2) is 16.5 Å². The number of nitrogens with one attached hydrogen (secondary N) is 1. The van der Waals surface area contributed by atoms with E-state index in [1.807, 2.05) is 19.2 Å². The van der Waals surface area contributed by atoms with Crippen molar-refractivity contribution in [2.45, 2.75) is 20.1 Å². The summed E-state index contributed by atoms with van der Waals surface area (Å²) in [5.74, 6) is 3.08. The highest BCUT2D eigenvalue weighted by atomic mass is 16.7. The number of ether oxygens (including phenoxy) is 3. The van der Waals surface area contributed by atoms with Crippen LogP contribution in [0.1, 0.15) is 17.3 Å². The zero-order chi connectivity index (χ0) is 13.9. The zero-order valence-electron chi connectivity index (χ0n) is 11.3. The predicted octanol–water partition coefficient (Wildman–Crippen LogP) is 1.41. The van der Waals surface area contributed by atoms with E-state index in [0.29, 0.717) is 29.8 Å². The lowest BCUT2D eigenvalue weighted by Crippen LogP contribution is -2.07. The Balaban J connectivity index is 1.80. The maximum atomic E-state index is 5.74. The maximum absolute atomic E-state index is 5.74. The quantitative estimate of drug-likeness (QED) is 0.885. The molecule has 0 saturated heterocycles. The van der Waals surface area contributed by atoms with Crippen LogP contribution in [0.2, 0.25) is 0 Å². The van der Waals surface area contributed by atoms with Crippen LogP contribution in [0, 0.1) is 6.92 Å². The molecule has 3 rings (SSSR count). The average molecular weight is 277 g/mol. The Hall–Kier alpha value is -2.28. The summed E-state index contributed by atoms with van der Waals surface area (Å²) in [6.07, 6.45) is 0. The van der Waals surface area contributed by atoms with Crippen LogP contribution in [0.3, 0.4) is 0 Å². The maximum Gasteiger partial charge on any atom is 0.253 e. The number of aromatic nitrogens is 2. The Morgan fingerprint density at radius 1 is 1.25 bits per heavy atom. The van der Waals surface area contributed by atoms with Crippen molar-refractivity contribution in [2.24, 2.45) is 0 Å². The van der Waals surface area contributed by atoms with Gasteiger partial charge < -0.3 is 23.9 Å². The number of nitrogens with zero attached hydrogens (tertiary/aromatic N) is 2. The molecule has 1 aromatic carbocycles. The fourth-order valence-corrected chi connectivity index (χ4v) is 1.96. The molecule has 0 unspecified atom stereocenters. The van der Waals surface area contributed by atoms with E-state index in [2.05, 4.69) is 15.5 Å². The van der Waals surface area contributed by atoms with Crippen LogP contribution >= 0.6 is 0 Å². The van der Waals surface area contributed by atoms with Gasteiger partial charge in [-0.25, -0.2) is 0 Å². The average Bonchev–Trinajstić information content (AvgIpc) is 3.04. The first-order valence-corrected chi connectivity index (χ1v) is 6.25. The lowest BCUT2D eigenvalue weighted by atomic mass is 10.1. The minimum atomic E-state index is 0.219. The third-order valence-corrected chi connectivity index (χ3v) is 2.84. The normalized spacial score (nSPS) is 12.7. The van der Waals surface area contributed by atoms with Gasteiger partial charge in [-0.3, -0.25) is 0 Å². The fraction of sp³-hybridized carbons (Fsp3) is 0.385. The second kappa shape index (κ2) is 5.38. The molecule has 0 saturated carbocycles. The monoisotopic (exact) mass is 277 g/mol. The molecule has 0 radical (unpaired) electrons. The molecule has 7 nitrogen and oxygen atoms in total. The van der Waals surface area contributed by atoms with Crippen LogP contribution in [0.25, 0.3) is 0 Å². The highest BCUT2D eigenvalue weighted by Gasteiger charge is 2.18. The van der Waals surface area contributed by atoms with Crippen molar-refractivity contribution in [1.29, 1.82) is 0 Å². The van der Waals surface area contributed by atoms with E-state index in [-0.39, 0.29) is 13.4 Å². The highest BCUT2D eigenvalue weighted by Crippen LogP contribution is 2.38. The smallest absolute Gasteiger partial charge is 0.253 e. The molecule has 1 aliphatic rings. The second-order valence-electron chi connectivity index (χ2n) is 4.35. The first-order chi connectivity index (χ1) is 9.76. The van der Waals surface area contributed by atoms with Crippen molar-refractivity contribution in [1.82, 2.24) is 15.5 Å². The highest BCUT2D eigenvalue weighted by molar-refractivity contribution is 5.51. The van der Waals surface area contributed by atoms with Gasteiger partial charge in [0.25, 0.3) is 5.89 Å². The second-order valence-corrected chi connectivity index (χ2v) is 4.35. The van der Waals surface area contributed by atoms with Gasteiger partial charge in [0.1, 0.15) is 5.75 Å². The van der Waals surface area contributed by atoms with Gasteiger partial charge in [-0.2, -0.15) is 0 Å². The Labute approximate surface area is 115 Å². The molecule has 2 heterocycles. The van der Waals surface area contributed by atoms with Crippen molar-refractivity contribution in [2.75, 3.05) is 13.8 Å². The van der Waals surface area contributed by atoms with Gasteiger partial charge in [0, 0.05) is 25.1 Å². The van der Waals surface area contributed by atoms with Gasteiger partial charge in [0.15, 0.2) is 18.1 Å². The van der Waals surface area contributed by atoms with E-state index in [0.717, 1.165) is 11.3 Å². The minimum Gasteiger partial charge on any atom is -0.483 e. The molecule has 20 heavy (non-hydrogen) atoms. The van der Waals surface area contributed by atoms with Crippen LogP contribution in [-0.2, 0) is 13.2 Å². The lowest BCUT2D eigenvalue weighted by molar-refractivity contribution is 0.173. The standard InChI is InChI=1S/C13H15N3O4/c1-8-15-16-13(20-8)6-17-10-4-12-11(18-7-19-12)3-9(10)5-14-2/h3-4,14H,5-7H2,1-2H3.